The fraction of sp³-hybridized carbons (Fsp3) is 0.167. The van der Waals surface area contributed by atoms with Crippen LogP contribution in [0.25, 0.3) is 11.5 Å². The fourth-order valence-corrected chi connectivity index (χ4v) is 3.52. The molecule has 0 aliphatic carbocycles. The first-order valence-electron chi connectivity index (χ1n) is 7.71. The van der Waals surface area contributed by atoms with Crippen molar-refractivity contribution in [1.82, 2.24) is 9.29 Å². The Labute approximate surface area is 150 Å². The predicted molar refractivity (Wildman–Crippen MR) is 93.5 cm³/mol. The summed E-state index contributed by atoms with van der Waals surface area (Å²) >= 11 is 0. The smallest absolute Gasteiger partial charge is 0.243 e. The van der Waals surface area contributed by atoms with Crippen molar-refractivity contribution >= 4 is 10.0 Å². The zero-order valence-corrected chi connectivity index (χ0v) is 15.0. The minimum absolute atomic E-state index is 0.0210. The van der Waals surface area contributed by atoms with E-state index in [1.807, 2.05) is 0 Å². The minimum atomic E-state index is -3.69. The third-order valence-corrected chi connectivity index (χ3v) is 5.59. The van der Waals surface area contributed by atoms with Crippen LogP contribution in [0.1, 0.15) is 5.69 Å². The lowest BCUT2D eigenvalue weighted by atomic mass is 10.2. The monoisotopic (exact) mass is 376 g/mol. The first-order valence-corrected chi connectivity index (χ1v) is 9.15. The van der Waals surface area contributed by atoms with E-state index in [9.17, 15) is 12.8 Å². The Balaban J connectivity index is 1.78. The van der Waals surface area contributed by atoms with Crippen LogP contribution in [-0.2, 0) is 16.6 Å². The Morgan fingerprint density at radius 3 is 2.58 bits per heavy atom. The first kappa shape index (κ1) is 18.1. The van der Waals surface area contributed by atoms with Crippen molar-refractivity contribution in [2.24, 2.45) is 0 Å². The summed E-state index contributed by atoms with van der Waals surface area (Å²) in [4.78, 5) is 4.38. The summed E-state index contributed by atoms with van der Waals surface area (Å²) < 4.78 is 50.1. The number of oxazole rings is 1. The van der Waals surface area contributed by atoms with E-state index in [-0.39, 0.29) is 17.3 Å². The Morgan fingerprint density at radius 1 is 1.19 bits per heavy atom. The van der Waals surface area contributed by atoms with Crippen molar-refractivity contribution in [2.75, 3.05) is 14.2 Å². The quantitative estimate of drug-likeness (QED) is 0.660. The molecule has 3 rings (SSSR count). The van der Waals surface area contributed by atoms with Gasteiger partial charge in [-0.1, -0.05) is 6.07 Å². The van der Waals surface area contributed by atoms with Crippen LogP contribution in [0.3, 0.4) is 0 Å². The van der Waals surface area contributed by atoms with E-state index >= 15 is 0 Å². The van der Waals surface area contributed by atoms with Crippen molar-refractivity contribution in [1.29, 1.82) is 0 Å². The van der Waals surface area contributed by atoms with Crippen LogP contribution in [0, 0.1) is 5.82 Å². The lowest BCUT2D eigenvalue weighted by Gasteiger charge is -2.16. The van der Waals surface area contributed by atoms with Gasteiger partial charge < -0.3 is 9.15 Å². The van der Waals surface area contributed by atoms with Crippen LogP contribution in [0.2, 0.25) is 0 Å². The Morgan fingerprint density at radius 2 is 1.92 bits per heavy atom. The number of hydrogen-bond donors (Lipinski definition) is 0. The molecule has 1 aromatic heterocycles. The van der Waals surface area contributed by atoms with Gasteiger partial charge in [-0.3, -0.25) is 0 Å². The lowest BCUT2D eigenvalue weighted by molar-refractivity contribution is 0.414. The fourth-order valence-electron chi connectivity index (χ4n) is 2.37. The molecule has 8 heteroatoms. The normalized spacial score (nSPS) is 11.7. The first-order chi connectivity index (χ1) is 12.4. The maximum Gasteiger partial charge on any atom is 0.243 e. The van der Waals surface area contributed by atoms with E-state index in [1.54, 1.807) is 24.3 Å². The molecule has 3 aromatic rings. The molecule has 0 fully saturated rings. The lowest BCUT2D eigenvalue weighted by Crippen LogP contribution is -2.26. The van der Waals surface area contributed by atoms with Gasteiger partial charge in [-0.05, 0) is 42.5 Å². The zero-order valence-electron chi connectivity index (χ0n) is 14.2. The SMILES string of the molecule is COc1ccc(S(=O)(=O)N(C)Cc2coc(-c3cccc(F)c3)n2)cc1. The number of halogens is 1. The van der Waals surface area contributed by atoms with Gasteiger partial charge in [-0.2, -0.15) is 4.31 Å². The van der Waals surface area contributed by atoms with Gasteiger partial charge in [0.05, 0.1) is 24.2 Å². The molecule has 2 aromatic carbocycles. The zero-order chi connectivity index (χ0) is 18.7. The van der Waals surface area contributed by atoms with E-state index in [0.717, 1.165) is 0 Å². The molecule has 0 N–H and O–H groups in total. The molecule has 0 spiro atoms. The second kappa shape index (κ2) is 7.27. The molecule has 26 heavy (non-hydrogen) atoms. The Kier molecular flexibility index (Phi) is 5.06. The largest absolute Gasteiger partial charge is 0.497 e. The molecule has 0 saturated carbocycles. The maximum absolute atomic E-state index is 13.3. The molecule has 0 aliphatic heterocycles. The van der Waals surface area contributed by atoms with Crippen molar-refractivity contribution in [3.63, 3.8) is 0 Å². The van der Waals surface area contributed by atoms with Gasteiger partial charge >= 0.3 is 0 Å². The number of aromatic nitrogens is 1. The molecule has 0 unspecified atom stereocenters. The van der Waals surface area contributed by atoms with Gasteiger partial charge in [0.1, 0.15) is 17.8 Å². The summed E-state index contributed by atoms with van der Waals surface area (Å²) in [6, 6.07) is 12.0. The third-order valence-electron chi connectivity index (χ3n) is 3.78. The number of hydrogen-bond acceptors (Lipinski definition) is 5. The van der Waals surface area contributed by atoms with Crippen molar-refractivity contribution in [2.45, 2.75) is 11.4 Å². The van der Waals surface area contributed by atoms with Crippen molar-refractivity contribution in [3.05, 3.63) is 66.3 Å². The summed E-state index contributed by atoms with van der Waals surface area (Å²) in [6.45, 7) is 0.0210. The highest BCUT2D eigenvalue weighted by Gasteiger charge is 2.22. The van der Waals surface area contributed by atoms with Crippen LogP contribution in [0.5, 0.6) is 5.75 Å². The molecule has 0 amide bonds. The Hall–Kier alpha value is -2.71. The molecule has 1 heterocycles. The van der Waals surface area contributed by atoms with Gasteiger partial charge in [0, 0.05) is 12.6 Å². The molecule has 136 valence electrons. The highest BCUT2D eigenvalue weighted by atomic mass is 32.2. The molecule has 0 radical (unpaired) electrons. The summed E-state index contributed by atoms with van der Waals surface area (Å²) in [5, 5.41) is 0. The molecule has 0 atom stereocenters. The highest BCUT2D eigenvalue weighted by molar-refractivity contribution is 7.89. The second-order valence-corrected chi connectivity index (χ2v) is 7.64. The van der Waals surface area contributed by atoms with Crippen LogP contribution in [0.4, 0.5) is 4.39 Å². The van der Waals surface area contributed by atoms with Gasteiger partial charge in [0.2, 0.25) is 15.9 Å². The van der Waals surface area contributed by atoms with Crippen LogP contribution >= 0.6 is 0 Å². The minimum Gasteiger partial charge on any atom is -0.497 e. The summed E-state index contributed by atoms with van der Waals surface area (Å²) in [7, 11) is -0.723. The van der Waals surface area contributed by atoms with Gasteiger partial charge in [-0.15, -0.1) is 0 Å². The average Bonchev–Trinajstić information content (AvgIpc) is 3.10. The predicted octanol–water partition coefficient (Wildman–Crippen LogP) is 3.31. The third kappa shape index (κ3) is 3.76. The number of nitrogens with zero attached hydrogens (tertiary/aromatic N) is 2. The van der Waals surface area contributed by atoms with E-state index in [4.69, 9.17) is 9.15 Å². The van der Waals surface area contributed by atoms with Crippen molar-refractivity contribution in [3.8, 4) is 17.2 Å². The summed E-state index contributed by atoms with van der Waals surface area (Å²) in [5.74, 6) is 0.402. The van der Waals surface area contributed by atoms with E-state index in [1.165, 1.54) is 49.0 Å². The molecular weight excluding hydrogens is 359 g/mol. The second-order valence-electron chi connectivity index (χ2n) is 5.59. The number of benzene rings is 2. The molecule has 0 saturated heterocycles. The number of ether oxygens (including phenoxy) is 1. The number of methoxy groups -OCH3 is 1. The molecule has 6 nitrogen and oxygen atoms in total. The average molecular weight is 376 g/mol. The van der Waals surface area contributed by atoms with E-state index in [0.29, 0.717) is 17.0 Å². The number of sulfonamides is 1. The molecule has 0 bridgehead atoms. The number of rotatable bonds is 6. The standard InChI is InChI=1S/C18H17FN2O4S/c1-21(26(22,23)17-8-6-16(24-2)7-9-17)11-15-12-25-18(20-15)13-4-3-5-14(19)10-13/h3-10,12H,11H2,1-2H3. The van der Waals surface area contributed by atoms with E-state index in [2.05, 4.69) is 4.98 Å². The van der Waals surface area contributed by atoms with Gasteiger partial charge in [0.15, 0.2) is 0 Å². The maximum atomic E-state index is 13.3. The van der Waals surface area contributed by atoms with Crippen LogP contribution in [-0.4, -0.2) is 31.9 Å². The van der Waals surface area contributed by atoms with Crippen molar-refractivity contribution < 1.29 is 22.0 Å². The van der Waals surface area contributed by atoms with Crippen LogP contribution < -0.4 is 4.74 Å². The van der Waals surface area contributed by atoms with Gasteiger partial charge in [0.25, 0.3) is 0 Å². The highest BCUT2D eigenvalue weighted by Crippen LogP contribution is 2.22. The molecule has 0 aliphatic rings. The van der Waals surface area contributed by atoms with E-state index < -0.39 is 15.8 Å². The molecular formula is C18H17FN2O4S. The summed E-state index contributed by atoms with van der Waals surface area (Å²) in [5.41, 5.74) is 0.903. The van der Waals surface area contributed by atoms with Gasteiger partial charge in [-0.25, -0.2) is 17.8 Å². The Bertz CT molecular complexity index is 1000. The summed E-state index contributed by atoms with van der Waals surface area (Å²) in [6.07, 6.45) is 1.36. The van der Waals surface area contributed by atoms with Crippen LogP contribution in [0.15, 0.2) is 64.1 Å². The topological polar surface area (TPSA) is 72.6 Å².